The molecule has 1 aromatic heterocycles. The Hall–Kier alpha value is -2.37. The number of benzene rings is 1. The molecule has 0 bridgehead atoms. The van der Waals surface area contributed by atoms with E-state index in [0.717, 1.165) is 11.4 Å². The molecule has 3 rings (SSSR count). The lowest BCUT2D eigenvalue weighted by atomic mass is 10.1. The van der Waals surface area contributed by atoms with Crippen molar-refractivity contribution in [3.63, 3.8) is 0 Å². The molecule has 1 aromatic carbocycles. The van der Waals surface area contributed by atoms with Gasteiger partial charge in [-0.1, -0.05) is 30.3 Å². The van der Waals surface area contributed by atoms with Crippen LogP contribution in [0.25, 0.3) is 0 Å². The lowest BCUT2D eigenvalue weighted by molar-refractivity contribution is 0.155. The Kier molecular flexibility index (Phi) is 3.14. The van der Waals surface area contributed by atoms with Gasteiger partial charge in [-0.15, -0.1) is 0 Å². The monoisotopic (exact) mass is 272 g/mol. The molecule has 1 atom stereocenters. The number of aryl methyl sites for hydroxylation is 2. The van der Waals surface area contributed by atoms with Crippen molar-refractivity contribution in [1.29, 1.82) is 0 Å². The fraction of sp³-hybridized carbons (Fsp3) is 0.357. The molecular formula is C14H16N4O2. The van der Waals surface area contributed by atoms with Crippen LogP contribution < -0.4 is 0 Å². The van der Waals surface area contributed by atoms with Gasteiger partial charge in [0.2, 0.25) is 0 Å². The Labute approximate surface area is 117 Å². The number of carbonyl (C=O) groups is 1. The molecule has 1 aliphatic rings. The molecule has 0 aliphatic carbocycles. The SMILES string of the molecule is Cc1nc(CN2C(=O)OCC2c2ccccc2)n(C)n1. The third kappa shape index (κ3) is 2.24. The molecule has 1 aliphatic heterocycles. The summed E-state index contributed by atoms with van der Waals surface area (Å²) < 4.78 is 6.88. The minimum atomic E-state index is -0.306. The van der Waals surface area contributed by atoms with E-state index < -0.39 is 0 Å². The summed E-state index contributed by atoms with van der Waals surface area (Å²) in [5.74, 6) is 1.45. The molecule has 0 saturated carbocycles. The van der Waals surface area contributed by atoms with Crippen LogP contribution in [-0.2, 0) is 18.3 Å². The zero-order chi connectivity index (χ0) is 14.1. The van der Waals surface area contributed by atoms with Crippen molar-refractivity contribution in [3.8, 4) is 0 Å². The molecule has 0 spiro atoms. The number of hydrogen-bond donors (Lipinski definition) is 0. The van der Waals surface area contributed by atoms with Crippen LogP contribution in [0.4, 0.5) is 4.79 Å². The van der Waals surface area contributed by atoms with E-state index in [-0.39, 0.29) is 12.1 Å². The maximum absolute atomic E-state index is 11.9. The number of aromatic nitrogens is 3. The first kappa shape index (κ1) is 12.7. The molecule has 0 N–H and O–H groups in total. The van der Waals surface area contributed by atoms with Gasteiger partial charge in [-0.3, -0.25) is 9.58 Å². The van der Waals surface area contributed by atoms with E-state index in [9.17, 15) is 4.79 Å². The zero-order valence-corrected chi connectivity index (χ0v) is 11.5. The minimum Gasteiger partial charge on any atom is -0.447 e. The number of amides is 1. The fourth-order valence-corrected chi connectivity index (χ4v) is 2.42. The van der Waals surface area contributed by atoms with E-state index in [1.165, 1.54) is 0 Å². The summed E-state index contributed by atoms with van der Waals surface area (Å²) in [6.45, 7) is 2.61. The Morgan fingerprint density at radius 3 is 2.75 bits per heavy atom. The first-order valence-corrected chi connectivity index (χ1v) is 6.50. The lowest BCUT2D eigenvalue weighted by Crippen LogP contribution is -2.28. The van der Waals surface area contributed by atoms with Gasteiger partial charge in [-0.05, 0) is 12.5 Å². The molecule has 1 saturated heterocycles. The van der Waals surface area contributed by atoms with Crippen molar-refractivity contribution in [2.75, 3.05) is 6.61 Å². The molecule has 20 heavy (non-hydrogen) atoms. The van der Waals surface area contributed by atoms with Crippen molar-refractivity contribution in [2.45, 2.75) is 19.5 Å². The largest absolute Gasteiger partial charge is 0.447 e. The van der Waals surface area contributed by atoms with Crippen molar-refractivity contribution in [1.82, 2.24) is 19.7 Å². The number of cyclic esters (lactones) is 1. The van der Waals surface area contributed by atoms with Crippen molar-refractivity contribution < 1.29 is 9.53 Å². The second kappa shape index (κ2) is 4.96. The summed E-state index contributed by atoms with van der Waals surface area (Å²) >= 11 is 0. The third-order valence-corrected chi connectivity index (χ3v) is 3.43. The number of nitrogens with zero attached hydrogens (tertiary/aromatic N) is 4. The summed E-state index contributed by atoms with van der Waals surface area (Å²) in [5.41, 5.74) is 1.07. The molecule has 6 nitrogen and oxygen atoms in total. The van der Waals surface area contributed by atoms with Gasteiger partial charge >= 0.3 is 6.09 Å². The van der Waals surface area contributed by atoms with Gasteiger partial charge in [0.05, 0.1) is 12.6 Å². The van der Waals surface area contributed by atoms with Crippen LogP contribution in [0.5, 0.6) is 0 Å². The number of rotatable bonds is 3. The summed E-state index contributed by atoms with van der Waals surface area (Å²) in [5, 5.41) is 4.20. The fourth-order valence-electron chi connectivity index (χ4n) is 2.42. The highest BCUT2D eigenvalue weighted by Crippen LogP contribution is 2.28. The standard InChI is InChI=1S/C14H16N4O2/c1-10-15-13(17(2)16-10)8-18-12(9-20-14(18)19)11-6-4-3-5-7-11/h3-7,12H,8-9H2,1-2H3. The highest BCUT2D eigenvalue weighted by molar-refractivity contribution is 5.70. The van der Waals surface area contributed by atoms with Gasteiger partial charge in [-0.2, -0.15) is 5.10 Å². The Bertz CT molecular complexity index is 623. The Balaban J connectivity index is 1.86. The number of carbonyl (C=O) groups excluding carboxylic acids is 1. The van der Waals surface area contributed by atoms with E-state index in [1.54, 1.807) is 9.58 Å². The summed E-state index contributed by atoms with van der Waals surface area (Å²) in [6, 6.07) is 9.81. The van der Waals surface area contributed by atoms with E-state index in [1.807, 2.05) is 44.3 Å². The highest BCUT2D eigenvalue weighted by atomic mass is 16.6. The Morgan fingerprint density at radius 1 is 1.35 bits per heavy atom. The number of hydrogen-bond acceptors (Lipinski definition) is 4. The molecule has 6 heteroatoms. The van der Waals surface area contributed by atoms with Gasteiger partial charge in [-0.25, -0.2) is 9.78 Å². The smallest absolute Gasteiger partial charge is 0.410 e. The molecule has 1 unspecified atom stereocenters. The Morgan fingerprint density at radius 2 is 2.10 bits per heavy atom. The van der Waals surface area contributed by atoms with Crippen LogP contribution in [0.3, 0.4) is 0 Å². The second-order valence-corrected chi connectivity index (χ2v) is 4.83. The third-order valence-electron chi connectivity index (χ3n) is 3.43. The van der Waals surface area contributed by atoms with Crippen LogP contribution in [0, 0.1) is 6.92 Å². The predicted octanol–water partition coefficient (Wildman–Crippen LogP) is 1.82. The van der Waals surface area contributed by atoms with Gasteiger partial charge in [0.25, 0.3) is 0 Å². The van der Waals surface area contributed by atoms with Crippen LogP contribution in [0.15, 0.2) is 30.3 Å². The van der Waals surface area contributed by atoms with Gasteiger partial charge in [0, 0.05) is 7.05 Å². The second-order valence-electron chi connectivity index (χ2n) is 4.83. The van der Waals surface area contributed by atoms with Crippen molar-refractivity contribution >= 4 is 6.09 Å². The molecule has 1 amide bonds. The van der Waals surface area contributed by atoms with Gasteiger partial charge in [0.1, 0.15) is 18.3 Å². The maximum Gasteiger partial charge on any atom is 0.410 e. The van der Waals surface area contributed by atoms with Crippen LogP contribution >= 0.6 is 0 Å². The molecule has 2 heterocycles. The average Bonchev–Trinajstić information content (AvgIpc) is 2.95. The molecule has 104 valence electrons. The van der Waals surface area contributed by atoms with Crippen molar-refractivity contribution in [3.05, 3.63) is 47.5 Å². The van der Waals surface area contributed by atoms with E-state index in [2.05, 4.69) is 10.1 Å². The summed E-state index contributed by atoms with van der Waals surface area (Å²) in [6.07, 6.45) is -0.306. The van der Waals surface area contributed by atoms with Gasteiger partial charge < -0.3 is 4.74 Å². The zero-order valence-electron chi connectivity index (χ0n) is 11.5. The summed E-state index contributed by atoms with van der Waals surface area (Å²) in [4.78, 5) is 18.0. The topological polar surface area (TPSA) is 60.3 Å². The quantitative estimate of drug-likeness (QED) is 0.855. The first-order valence-electron chi connectivity index (χ1n) is 6.50. The summed E-state index contributed by atoms with van der Waals surface area (Å²) in [7, 11) is 1.83. The highest BCUT2D eigenvalue weighted by Gasteiger charge is 2.34. The normalized spacial score (nSPS) is 18.4. The lowest BCUT2D eigenvalue weighted by Gasteiger charge is -2.20. The molecular weight excluding hydrogens is 256 g/mol. The average molecular weight is 272 g/mol. The van der Waals surface area contributed by atoms with Crippen LogP contribution in [0.2, 0.25) is 0 Å². The van der Waals surface area contributed by atoms with E-state index >= 15 is 0 Å². The molecule has 1 fully saturated rings. The molecule has 0 radical (unpaired) electrons. The van der Waals surface area contributed by atoms with E-state index in [0.29, 0.717) is 19.0 Å². The van der Waals surface area contributed by atoms with Gasteiger partial charge in [0.15, 0.2) is 0 Å². The first-order chi connectivity index (χ1) is 9.65. The van der Waals surface area contributed by atoms with Crippen LogP contribution in [0.1, 0.15) is 23.3 Å². The minimum absolute atomic E-state index is 0.0688. The molecule has 2 aromatic rings. The number of ether oxygens (including phenoxy) is 1. The van der Waals surface area contributed by atoms with Crippen molar-refractivity contribution in [2.24, 2.45) is 7.05 Å². The maximum atomic E-state index is 11.9. The van der Waals surface area contributed by atoms with Crippen LogP contribution in [-0.4, -0.2) is 32.4 Å². The van der Waals surface area contributed by atoms with E-state index in [4.69, 9.17) is 4.74 Å². The predicted molar refractivity (Wildman–Crippen MR) is 71.8 cm³/mol.